The average molecular weight is 360 g/mol. The van der Waals surface area contributed by atoms with E-state index in [0.29, 0.717) is 19.8 Å². The third-order valence-corrected chi connectivity index (χ3v) is 4.14. The molecule has 0 bridgehead atoms. The van der Waals surface area contributed by atoms with Crippen LogP contribution < -0.4 is 4.74 Å². The van der Waals surface area contributed by atoms with E-state index in [1.807, 2.05) is 48.5 Å². The number of nitrogens with zero attached hydrogens (tertiary/aromatic N) is 1. The second-order valence-corrected chi connectivity index (χ2v) is 7.29. The summed E-state index contributed by atoms with van der Waals surface area (Å²) in [6.45, 7) is 6.15. The first-order valence-electron chi connectivity index (χ1n) is 9.21. The molecule has 139 valence electrons. The highest BCUT2D eigenvalue weighted by Gasteiger charge is 2.19. The summed E-state index contributed by atoms with van der Waals surface area (Å²) in [5.41, 5.74) is 3.23. The Balaban J connectivity index is 1.46. The van der Waals surface area contributed by atoms with Gasteiger partial charge in [0.05, 0.1) is 18.9 Å². The van der Waals surface area contributed by atoms with Crippen LogP contribution in [0, 0.1) is 11.8 Å². The van der Waals surface area contributed by atoms with Crippen LogP contribution in [0.1, 0.15) is 30.7 Å². The fourth-order valence-electron chi connectivity index (χ4n) is 2.80. The summed E-state index contributed by atoms with van der Waals surface area (Å²) in [5.74, 6) is 0.843. The normalized spacial score (nSPS) is 11.3. The summed E-state index contributed by atoms with van der Waals surface area (Å²) in [5, 5.41) is 0. The van der Waals surface area contributed by atoms with Crippen LogP contribution in [0.25, 0.3) is 0 Å². The van der Waals surface area contributed by atoms with Crippen LogP contribution in [-0.4, -0.2) is 11.6 Å². The van der Waals surface area contributed by atoms with Gasteiger partial charge in [-0.25, -0.2) is 0 Å². The first-order chi connectivity index (χ1) is 13.1. The van der Waals surface area contributed by atoms with Crippen LogP contribution in [0.3, 0.4) is 0 Å². The molecule has 1 aromatic heterocycles. The van der Waals surface area contributed by atoms with Crippen molar-refractivity contribution in [3.8, 4) is 5.75 Å². The Morgan fingerprint density at radius 1 is 0.852 bits per heavy atom. The topological polar surface area (TPSA) is 31.4 Å². The van der Waals surface area contributed by atoms with Crippen LogP contribution in [0.15, 0.2) is 79.0 Å². The predicted octanol–water partition coefficient (Wildman–Crippen LogP) is 5.46. The summed E-state index contributed by atoms with van der Waals surface area (Å²) in [4.78, 5) is 4.27. The third-order valence-electron chi connectivity index (χ3n) is 4.14. The van der Waals surface area contributed by atoms with Crippen molar-refractivity contribution >= 4 is 0 Å². The molecule has 0 N–H and O–H groups in total. The van der Waals surface area contributed by atoms with E-state index in [9.17, 15) is 0 Å². The van der Waals surface area contributed by atoms with Gasteiger partial charge >= 0.3 is 0 Å². The molecule has 3 rings (SSSR count). The Hall–Kier alpha value is -2.65. The molecule has 1 radical (unpaired) electrons. The smallest absolute Gasteiger partial charge is 0.130 e. The molecule has 27 heavy (non-hydrogen) atoms. The summed E-state index contributed by atoms with van der Waals surface area (Å²) in [6.07, 6.45) is 4.01. The van der Waals surface area contributed by atoms with Crippen molar-refractivity contribution in [2.24, 2.45) is 5.41 Å². The number of ether oxygens (including phenoxy) is 2. The molecule has 0 atom stereocenters. The minimum Gasteiger partial charge on any atom is -0.487 e. The lowest BCUT2D eigenvalue weighted by molar-refractivity contribution is 0.0666. The van der Waals surface area contributed by atoms with Crippen molar-refractivity contribution in [2.75, 3.05) is 6.61 Å². The molecule has 0 amide bonds. The second-order valence-electron chi connectivity index (χ2n) is 7.29. The summed E-state index contributed by atoms with van der Waals surface area (Å²) in [7, 11) is 0. The van der Waals surface area contributed by atoms with Crippen LogP contribution in [0.4, 0.5) is 0 Å². The van der Waals surface area contributed by atoms with Gasteiger partial charge in [0.25, 0.3) is 0 Å². The van der Waals surface area contributed by atoms with Gasteiger partial charge in [-0.3, -0.25) is 4.98 Å². The fraction of sp³-hybridized carbons (Fsp3) is 0.250. The molecule has 0 spiro atoms. The van der Waals surface area contributed by atoms with Crippen LogP contribution >= 0.6 is 0 Å². The molecule has 3 nitrogen and oxygen atoms in total. The Labute approximate surface area is 162 Å². The maximum absolute atomic E-state index is 5.91. The van der Waals surface area contributed by atoms with Crippen molar-refractivity contribution in [2.45, 2.75) is 27.1 Å². The van der Waals surface area contributed by atoms with E-state index >= 15 is 0 Å². The summed E-state index contributed by atoms with van der Waals surface area (Å²) >= 11 is 0. The van der Waals surface area contributed by atoms with Gasteiger partial charge in [0.15, 0.2) is 0 Å². The van der Waals surface area contributed by atoms with E-state index in [2.05, 4.69) is 49.5 Å². The standard InChI is InChI=1S/C24H26NO2/c1-24(2,19-26-17-21-8-4-3-5-9-21)16-20-11-13-23(14-12-20)27-18-22-10-6-7-15-25-22/h3-16H,17-19H2,1-2H3. The van der Waals surface area contributed by atoms with Crippen molar-refractivity contribution < 1.29 is 9.47 Å². The van der Waals surface area contributed by atoms with Gasteiger partial charge < -0.3 is 9.47 Å². The zero-order valence-electron chi connectivity index (χ0n) is 16.0. The zero-order chi connectivity index (χ0) is 19.0. The number of pyridine rings is 1. The summed E-state index contributed by atoms with van der Waals surface area (Å²) < 4.78 is 11.7. The van der Waals surface area contributed by atoms with Gasteiger partial charge in [0, 0.05) is 6.20 Å². The zero-order valence-corrected chi connectivity index (χ0v) is 16.0. The quantitative estimate of drug-likeness (QED) is 0.508. The van der Waals surface area contributed by atoms with Gasteiger partial charge in [-0.1, -0.05) is 62.4 Å². The summed E-state index contributed by atoms with van der Waals surface area (Å²) in [6, 6.07) is 24.2. The van der Waals surface area contributed by atoms with Crippen molar-refractivity contribution in [3.05, 3.63) is 102 Å². The molecule has 3 heteroatoms. The largest absolute Gasteiger partial charge is 0.487 e. The maximum atomic E-state index is 5.91. The van der Waals surface area contributed by atoms with Crippen molar-refractivity contribution in [1.29, 1.82) is 0 Å². The second kappa shape index (κ2) is 9.33. The van der Waals surface area contributed by atoms with Gasteiger partial charge in [-0.15, -0.1) is 0 Å². The molecule has 0 aliphatic rings. The van der Waals surface area contributed by atoms with Gasteiger partial charge in [0.1, 0.15) is 12.4 Å². The SMILES string of the molecule is CC(C)([CH]c1ccc(OCc2ccccn2)cc1)COCc1ccccc1. The number of rotatable bonds is 9. The number of benzene rings is 2. The minimum atomic E-state index is -0.0505. The molecule has 0 saturated carbocycles. The van der Waals surface area contributed by atoms with Gasteiger partial charge in [0.2, 0.25) is 0 Å². The highest BCUT2D eigenvalue weighted by molar-refractivity contribution is 5.32. The molecular weight excluding hydrogens is 334 g/mol. The van der Waals surface area contributed by atoms with E-state index < -0.39 is 0 Å². The van der Waals surface area contributed by atoms with E-state index in [1.54, 1.807) is 6.20 Å². The number of hydrogen-bond acceptors (Lipinski definition) is 3. The van der Waals surface area contributed by atoms with E-state index in [1.165, 1.54) is 5.56 Å². The lowest BCUT2D eigenvalue weighted by Gasteiger charge is -2.24. The highest BCUT2D eigenvalue weighted by Crippen LogP contribution is 2.26. The van der Waals surface area contributed by atoms with Crippen molar-refractivity contribution in [1.82, 2.24) is 4.98 Å². The lowest BCUT2D eigenvalue weighted by atomic mass is 9.86. The monoisotopic (exact) mass is 360 g/mol. The number of hydrogen-bond donors (Lipinski definition) is 0. The van der Waals surface area contributed by atoms with Crippen LogP contribution in [0.2, 0.25) is 0 Å². The predicted molar refractivity (Wildman–Crippen MR) is 108 cm³/mol. The molecule has 1 heterocycles. The first-order valence-corrected chi connectivity index (χ1v) is 9.21. The van der Waals surface area contributed by atoms with Gasteiger partial charge in [-0.05, 0) is 47.2 Å². The fourth-order valence-corrected chi connectivity index (χ4v) is 2.80. The van der Waals surface area contributed by atoms with E-state index in [0.717, 1.165) is 17.0 Å². The van der Waals surface area contributed by atoms with Crippen molar-refractivity contribution in [3.63, 3.8) is 0 Å². The Morgan fingerprint density at radius 2 is 1.59 bits per heavy atom. The Morgan fingerprint density at radius 3 is 2.30 bits per heavy atom. The molecule has 0 aliphatic heterocycles. The molecule has 0 fully saturated rings. The highest BCUT2D eigenvalue weighted by atomic mass is 16.5. The lowest BCUT2D eigenvalue weighted by Crippen LogP contribution is -2.20. The molecular formula is C24H26NO2. The minimum absolute atomic E-state index is 0.0505. The molecule has 0 saturated heterocycles. The molecule has 3 aromatic rings. The Kier molecular flexibility index (Phi) is 6.61. The molecule has 2 aromatic carbocycles. The first kappa shape index (κ1) is 19.1. The Bertz CT molecular complexity index is 799. The molecule has 0 unspecified atom stereocenters. The third kappa shape index (κ3) is 6.54. The van der Waals surface area contributed by atoms with Gasteiger partial charge in [-0.2, -0.15) is 0 Å². The van der Waals surface area contributed by atoms with E-state index in [-0.39, 0.29) is 5.41 Å². The van der Waals surface area contributed by atoms with E-state index in [4.69, 9.17) is 9.47 Å². The number of aromatic nitrogens is 1. The average Bonchev–Trinajstić information content (AvgIpc) is 2.69. The van der Waals surface area contributed by atoms with Crippen LogP contribution in [0.5, 0.6) is 5.75 Å². The van der Waals surface area contributed by atoms with Crippen LogP contribution in [-0.2, 0) is 18.0 Å². The maximum Gasteiger partial charge on any atom is 0.130 e. The molecule has 0 aliphatic carbocycles.